The molecule has 1 N–H and O–H groups in total. The number of halogens is 1. The van der Waals surface area contributed by atoms with Gasteiger partial charge in [-0.3, -0.25) is 9.36 Å². The Bertz CT molecular complexity index is 1600. The van der Waals surface area contributed by atoms with Crippen LogP contribution in [0.5, 0.6) is 5.88 Å². The number of sulfone groups is 1. The molecule has 2 heterocycles. The van der Waals surface area contributed by atoms with Crippen molar-refractivity contribution in [2.45, 2.75) is 35.1 Å². The predicted molar refractivity (Wildman–Crippen MR) is 138 cm³/mol. The summed E-state index contributed by atoms with van der Waals surface area (Å²) in [5.41, 5.74) is 0.968. The second kappa shape index (κ2) is 10.5. The van der Waals surface area contributed by atoms with Gasteiger partial charge >= 0.3 is 0 Å². The van der Waals surface area contributed by atoms with Crippen LogP contribution in [0.4, 0.5) is 4.39 Å². The fraction of sp³-hybridized carbons (Fsp3) is 0.250. The predicted octanol–water partition coefficient (Wildman–Crippen LogP) is 4.17. The second-order valence-corrected chi connectivity index (χ2v) is 11.2. The van der Waals surface area contributed by atoms with Crippen LogP contribution in [0, 0.1) is 11.9 Å². The van der Waals surface area contributed by atoms with E-state index < -0.39 is 38.2 Å². The molecular weight excluding hydrogens is 509 g/mol. The lowest BCUT2D eigenvalue weighted by Gasteiger charge is -2.25. The van der Waals surface area contributed by atoms with Gasteiger partial charge < -0.3 is 9.84 Å². The summed E-state index contributed by atoms with van der Waals surface area (Å²) in [5.74, 6) is -0.653. The number of ether oxygens (including phenoxy) is 1. The van der Waals surface area contributed by atoms with Crippen LogP contribution in [0.3, 0.4) is 0 Å². The van der Waals surface area contributed by atoms with Crippen molar-refractivity contribution in [3.05, 3.63) is 101 Å². The van der Waals surface area contributed by atoms with Gasteiger partial charge in [0.1, 0.15) is 5.82 Å². The summed E-state index contributed by atoms with van der Waals surface area (Å²) in [6.07, 6.45) is 3.74. The van der Waals surface area contributed by atoms with Crippen molar-refractivity contribution in [1.82, 2.24) is 14.5 Å². The monoisotopic (exact) mass is 535 g/mol. The molecule has 0 saturated heterocycles. The van der Waals surface area contributed by atoms with E-state index in [0.717, 1.165) is 18.4 Å². The second-order valence-electron chi connectivity index (χ2n) is 9.28. The van der Waals surface area contributed by atoms with Gasteiger partial charge in [0.2, 0.25) is 21.7 Å². The summed E-state index contributed by atoms with van der Waals surface area (Å²) in [4.78, 5) is 20.0. The molecule has 1 aliphatic carbocycles. The van der Waals surface area contributed by atoms with E-state index in [4.69, 9.17) is 4.74 Å². The highest BCUT2D eigenvalue weighted by atomic mass is 32.2. The molecule has 0 amide bonds. The lowest BCUT2D eigenvalue weighted by molar-refractivity contribution is 0.161. The fourth-order valence-electron chi connectivity index (χ4n) is 4.48. The summed E-state index contributed by atoms with van der Waals surface area (Å²) in [5, 5.41) is 11.4. The molecule has 1 atom stereocenters. The number of benzene rings is 2. The number of nitrogens with zero attached hydrogens (tertiary/aromatic N) is 3. The van der Waals surface area contributed by atoms with Gasteiger partial charge in [0, 0.05) is 25.3 Å². The van der Waals surface area contributed by atoms with E-state index in [-0.39, 0.29) is 11.5 Å². The van der Waals surface area contributed by atoms with Crippen LogP contribution in [0.2, 0.25) is 0 Å². The highest BCUT2D eigenvalue weighted by Gasteiger charge is 2.34. The number of hydrogen-bond acceptors (Lipinski definition) is 7. The van der Waals surface area contributed by atoms with Gasteiger partial charge in [0.25, 0.3) is 5.56 Å². The minimum Gasteiger partial charge on any atom is -0.493 e. The maximum Gasteiger partial charge on any atom is 0.296 e. The van der Waals surface area contributed by atoms with E-state index in [9.17, 15) is 22.7 Å². The SMILES string of the molecule is COCC(c1ccccc1)n1c(CC2CC2)nc(=O)c(S(=O)(=O)c2ccc(-c3ccc(F)nc3)cc2)c1O. The smallest absolute Gasteiger partial charge is 0.296 e. The molecule has 196 valence electrons. The topological polar surface area (TPSA) is 111 Å². The summed E-state index contributed by atoms with van der Waals surface area (Å²) in [6.45, 7) is 0.125. The molecule has 1 saturated carbocycles. The van der Waals surface area contributed by atoms with Crippen LogP contribution < -0.4 is 5.56 Å². The number of aromatic hydroxyl groups is 1. The molecule has 0 aliphatic heterocycles. The fourth-order valence-corrected chi connectivity index (χ4v) is 5.82. The zero-order valence-corrected chi connectivity index (χ0v) is 21.4. The summed E-state index contributed by atoms with van der Waals surface area (Å²) in [7, 11) is -2.94. The van der Waals surface area contributed by atoms with Crippen molar-refractivity contribution in [3.63, 3.8) is 0 Å². The van der Waals surface area contributed by atoms with E-state index in [0.29, 0.717) is 29.3 Å². The molecular formula is C28H26FN3O5S. The molecule has 0 spiro atoms. The maximum absolute atomic E-state index is 13.7. The molecule has 1 fully saturated rings. The Labute approximate surface area is 219 Å². The third kappa shape index (κ3) is 5.09. The summed E-state index contributed by atoms with van der Waals surface area (Å²) >= 11 is 0. The molecule has 2 aromatic heterocycles. The Hall–Kier alpha value is -3.89. The first-order valence-corrected chi connectivity index (χ1v) is 13.6. The number of hydrogen-bond donors (Lipinski definition) is 1. The van der Waals surface area contributed by atoms with Gasteiger partial charge in [-0.1, -0.05) is 42.5 Å². The van der Waals surface area contributed by atoms with Crippen LogP contribution in [-0.4, -0.2) is 41.8 Å². The highest BCUT2D eigenvalue weighted by Crippen LogP contribution is 2.36. The first-order valence-electron chi connectivity index (χ1n) is 12.1. The van der Waals surface area contributed by atoms with Gasteiger partial charge in [-0.2, -0.15) is 9.37 Å². The van der Waals surface area contributed by atoms with Crippen molar-refractivity contribution in [3.8, 4) is 17.0 Å². The Kier molecular flexibility index (Phi) is 7.09. The molecule has 38 heavy (non-hydrogen) atoms. The van der Waals surface area contributed by atoms with Crippen LogP contribution in [-0.2, 0) is 21.0 Å². The van der Waals surface area contributed by atoms with E-state index >= 15 is 0 Å². The third-order valence-corrected chi connectivity index (χ3v) is 8.40. The average Bonchev–Trinajstić information content (AvgIpc) is 3.73. The van der Waals surface area contributed by atoms with Crippen molar-refractivity contribution in [1.29, 1.82) is 0 Å². The van der Waals surface area contributed by atoms with E-state index in [1.165, 1.54) is 54.3 Å². The largest absolute Gasteiger partial charge is 0.493 e. The first kappa shape index (κ1) is 25.7. The molecule has 0 radical (unpaired) electrons. The highest BCUT2D eigenvalue weighted by molar-refractivity contribution is 7.91. The Balaban J connectivity index is 1.62. The lowest BCUT2D eigenvalue weighted by atomic mass is 10.1. The van der Waals surface area contributed by atoms with Crippen molar-refractivity contribution in [2.24, 2.45) is 5.92 Å². The molecule has 1 unspecified atom stereocenters. The standard InChI is InChI=1S/C28H26FN3O5S/c1-37-17-23(20-5-3-2-4-6-20)32-25(15-18-7-8-18)31-27(33)26(28(32)34)38(35,36)22-12-9-19(10-13-22)21-11-14-24(29)30-16-21/h2-6,9-14,16,18,23,34H,7-8,15,17H2,1H3. The van der Waals surface area contributed by atoms with Gasteiger partial charge in [0.15, 0.2) is 4.90 Å². The molecule has 0 bridgehead atoms. The molecule has 5 rings (SSSR count). The molecule has 4 aromatic rings. The van der Waals surface area contributed by atoms with Gasteiger partial charge in [-0.15, -0.1) is 0 Å². The Morgan fingerprint density at radius 1 is 1.05 bits per heavy atom. The van der Waals surface area contributed by atoms with E-state index in [1.54, 1.807) is 0 Å². The molecule has 1 aliphatic rings. The zero-order chi connectivity index (χ0) is 26.9. The van der Waals surface area contributed by atoms with Crippen LogP contribution >= 0.6 is 0 Å². The number of aromatic nitrogens is 3. The number of pyridine rings is 1. The van der Waals surface area contributed by atoms with Crippen LogP contribution in [0.1, 0.15) is 30.3 Å². The minimum absolute atomic E-state index is 0.125. The number of methoxy groups -OCH3 is 1. The van der Waals surface area contributed by atoms with Gasteiger partial charge in [-0.05, 0) is 54.2 Å². The van der Waals surface area contributed by atoms with Gasteiger partial charge in [-0.25, -0.2) is 13.4 Å². The molecule has 8 nitrogen and oxygen atoms in total. The van der Waals surface area contributed by atoms with Crippen molar-refractivity contribution >= 4 is 9.84 Å². The maximum atomic E-state index is 13.7. The first-order chi connectivity index (χ1) is 18.3. The third-order valence-electron chi connectivity index (χ3n) is 6.62. The quantitative estimate of drug-likeness (QED) is 0.320. The number of rotatable bonds is 9. The van der Waals surface area contributed by atoms with Crippen molar-refractivity contribution < 1.29 is 22.7 Å². The van der Waals surface area contributed by atoms with Crippen LogP contribution in [0.15, 0.2) is 87.5 Å². The van der Waals surface area contributed by atoms with E-state index in [2.05, 4.69) is 9.97 Å². The van der Waals surface area contributed by atoms with Crippen LogP contribution in [0.25, 0.3) is 11.1 Å². The lowest BCUT2D eigenvalue weighted by Crippen LogP contribution is -2.29. The average molecular weight is 536 g/mol. The minimum atomic E-state index is -4.45. The Morgan fingerprint density at radius 3 is 2.34 bits per heavy atom. The summed E-state index contributed by atoms with van der Waals surface area (Å²) in [6, 6.07) is 17.1. The molecule has 2 aromatic carbocycles. The van der Waals surface area contributed by atoms with Gasteiger partial charge in [0.05, 0.1) is 17.5 Å². The Morgan fingerprint density at radius 2 is 1.74 bits per heavy atom. The summed E-state index contributed by atoms with van der Waals surface area (Å²) < 4.78 is 47.4. The van der Waals surface area contributed by atoms with E-state index in [1.807, 2.05) is 30.3 Å². The molecule has 10 heteroatoms. The van der Waals surface area contributed by atoms with Crippen molar-refractivity contribution in [2.75, 3.05) is 13.7 Å². The normalized spacial score (nSPS) is 14.4. The zero-order valence-electron chi connectivity index (χ0n) is 20.6.